The number of rotatable bonds is 3. The summed E-state index contributed by atoms with van der Waals surface area (Å²) in [4.78, 5) is 21.6. The lowest BCUT2D eigenvalue weighted by Crippen LogP contribution is -2.42. The van der Waals surface area contributed by atoms with Crippen LogP contribution in [0.2, 0.25) is 0 Å². The molecule has 6 rings (SSSR count). The van der Waals surface area contributed by atoms with E-state index in [4.69, 9.17) is 14.5 Å². The van der Waals surface area contributed by atoms with E-state index in [1.54, 1.807) is 0 Å². The number of ketones is 1. The topological polar surface area (TPSA) is 97.2 Å². The maximum Gasteiger partial charge on any atom is 0.265 e. The van der Waals surface area contributed by atoms with E-state index in [1.807, 2.05) is 26.0 Å². The molecule has 39 heavy (non-hydrogen) atoms. The van der Waals surface area contributed by atoms with E-state index in [2.05, 4.69) is 64.1 Å². The van der Waals surface area contributed by atoms with Gasteiger partial charge in [-0.1, -0.05) is 50.2 Å². The molecule has 2 fully saturated rings. The van der Waals surface area contributed by atoms with Crippen LogP contribution < -0.4 is 0 Å². The van der Waals surface area contributed by atoms with Gasteiger partial charge < -0.3 is 0 Å². The van der Waals surface area contributed by atoms with Crippen molar-refractivity contribution in [2.75, 3.05) is 5.75 Å². The summed E-state index contributed by atoms with van der Waals surface area (Å²) in [5, 5.41) is 2.43. The van der Waals surface area contributed by atoms with Crippen LogP contribution in [-0.4, -0.2) is 34.5 Å². The molecular weight excluding hydrogens is 508 g/mol. The number of carbonyl (C=O) groups is 1. The standard InChI is InChI=1S/C22H20N2.C10H16O4S/c1-13-17-9-5-7-11-19(17)23-15(3)21(13)22-14(2)18-10-6-8-12-20(18)24-16(22)4;1-9(2)7-3-4-10(9,8(11)5-7)6-15(12,13)14/h5-12H,1-4H3;7H,3-6H2,1-2H3,(H,12,13,14). The van der Waals surface area contributed by atoms with Gasteiger partial charge in [-0.25, -0.2) is 0 Å². The molecule has 2 atom stereocenters. The van der Waals surface area contributed by atoms with E-state index in [0.717, 1.165) is 28.8 Å². The molecule has 204 valence electrons. The van der Waals surface area contributed by atoms with Crippen molar-refractivity contribution < 1.29 is 17.8 Å². The van der Waals surface area contributed by atoms with Gasteiger partial charge in [-0.3, -0.25) is 19.3 Å². The van der Waals surface area contributed by atoms with Crippen molar-refractivity contribution >= 4 is 37.7 Å². The number of fused-ring (bicyclic) bond motifs is 4. The summed E-state index contributed by atoms with van der Waals surface area (Å²) in [5.41, 5.74) is 8.13. The van der Waals surface area contributed by atoms with Gasteiger partial charge in [0.2, 0.25) is 0 Å². The SMILES string of the molecule is CC1(C)C2CCC1(CS(=O)(=O)O)C(=O)C2.Cc1nc2ccccc2c(C)c1-c1c(C)nc2ccccc2c1C. The predicted octanol–water partition coefficient (Wildman–Crippen LogP) is 6.95. The molecule has 0 saturated heterocycles. The van der Waals surface area contributed by atoms with E-state index >= 15 is 0 Å². The second kappa shape index (κ2) is 9.49. The summed E-state index contributed by atoms with van der Waals surface area (Å²) < 4.78 is 31.0. The summed E-state index contributed by atoms with van der Waals surface area (Å²) in [6.07, 6.45) is 1.97. The summed E-state index contributed by atoms with van der Waals surface area (Å²) in [7, 11) is -4.08. The van der Waals surface area contributed by atoms with Crippen LogP contribution in [0.4, 0.5) is 0 Å². The first-order valence-corrected chi connectivity index (χ1v) is 15.1. The first-order chi connectivity index (χ1) is 18.3. The lowest BCUT2D eigenvalue weighted by atomic mass is 9.70. The molecule has 7 heteroatoms. The van der Waals surface area contributed by atoms with Gasteiger partial charge in [0, 0.05) is 39.7 Å². The smallest absolute Gasteiger partial charge is 0.265 e. The van der Waals surface area contributed by atoms with E-state index in [9.17, 15) is 13.2 Å². The second-order valence-electron chi connectivity index (χ2n) is 11.8. The monoisotopic (exact) mass is 544 g/mol. The van der Waals surface area contributed by atoms with Crippen LogP contribution in [0, 0.1) is 44.4 Å². The number of aromatic nitrogens is 2. The first kappa shape index (κ1) is 27.4. The number of carbonyl (C=O) groups excluding carboxylic acids is 1. The zero-order valence-corrected chi connectivity index (χ0v) is 24.3. The van der Waals surface area contributed by atoms with Crippen molar-refractivity contribution in [3.05, 3.63) is 71.0 Å². The molecule has 0 aliphatic heterocycles. The molecule has 1 N–H and O–H groups in total. The van der Waals surface area contributed by atoms with Crippen molar-refractivity contribution in [2.45, 2.75) is 60.8 Å². The minimum Gasteiger partial charge on any atom is -0.299 e. The Kier molecular flexibility index (Phi) is 6.67. The number of Topliss-reactive ketones (excluding diaryl/α,β-unsaturated/α-hetero) is 1. The Balaban J connectivity index is 0.000000177. The molecular formula is C32H36N2O4S. The van der Waals surface area contributed by atoms with E-state index in [1.165, 1.54) is 33.0 Å². The molecule has 2 saturated carbocycles. The van der Waals surface area contributed by atoms with Gasteiger partial charge in [0.25, 0.3) is 10.1 Å². The van der Waals surface area contributed by atoms with Crippen molar-refractivity contribution in [1.29, 1.82) is 0 Å². The minimum atomic E-state index is -4.08. The van der Waals surface area contributed by atoms with Crippen LogP contribution in [0.1, 0.15) is 55.6 Å². The highest BCUT2D eigenvalue weighted by Gasteiger charge is 2.65. The quantitative estimate of drug-likeness (QED) is 0.280. The Morgan fingerprint density at radius 3 is 1.69 bits per heavy atom. The van der Waals surface area contributed by atoms with Crippen LogP contribution >= 0.6 is 0 Å². The summed E-state index contributed by atoms with van der Waals surface area (Å²) in [5.74, 6) is -0.101. The number of aryl methyl sites for hydroxylation is 4. The Morgan fingerprint density at radius 2 is 1.31 bits per heavy atom. The maximum atomic E-state index is 11.9. The summed E-state index contributed by atoms with van der Waals surface area (Å²) >= 11 is 0. The zero-order valence-electron chi connectivity index (χ0n) is 23.5. The second-order valence-corrected chi connectivity index (χ2v) is 13.3. The van der Waals surface area contributed by atoms with E-state index in [-0.39, 0.29) is 17.1 Å². The third-order valence-corrected chi connectivity index (χ3v) is 10.3. The molecule has 4 aromatic rings. The Bertz CT molecular complexity index is 1650. The molecule has 2 aliphatic carbocycles. The predicted molar refractivity (Wildman–Crippen MR) is 156 cm³/mol. The van der Waals surface area contributed by atoms with Gasteiger partial charge in [-0.15, -0.1) is 0 Å². The normalized spacial score (nSPS) is 21.8. The number of hydrogen-bond acceptors (Lipinski definition) is 5. The van der Waals surface area contributed by atoms with Gasteiger partial charge in [0.15, 0.2) is 0 Å². The maximum absolute atomic E-state index is 11.9. The number of hydrogen-bond donors (Lipinski definition) is 1. The Labute approximate surface area is 230 Å². The van der Waals surface area contributed by atoms with E-state index in [0.29, 0.717) is 12.8 Å². The fraction of sp³-hybridized carbons (Fsp3) is 0.406. The van der Waals surface area contributed by atoms with Crippen molar-refractivity contribution in [3.8, 4) is 11.1 Å². The van der Waals surface area contributed by atoms with Crippen LogP contribution in [0.3, 0.4) is 0 Å². The Hall–Kier alpha value is -3.16. The molecule has 0 amide bonds. The highest BCUT2D eigenvalue weighted by atomic mass is 32.2. The van der Waals surface area contributed by atoms with Crippen LogP contribution in [0.25, 0.3) is 32.9 Å². The number of nitrogens with zero attached hydrogens (tertiary/aromatic N) is 2. The van der Waals surface area contributed by atoms with Crippen LogP contribution in [0.15, 0.2) is 48.5 Å². The largest absolute Gasteiger partial charge is 0.299 e. The molecule has 2 aliphatic rings. The molecule has 2 bridgehead atoms. The number of para-hydroxylation sites is 2. The van der Waals surface area contributed by atoms with Gasteiger partial charge in [-0.2, -0.15) is 8.42 Å². The molecule has 0 spiro atoms. The average molecular weight is 545 g/mol. The lowest BCUT2D eigenvalue weighted by molar-refractivity contribution is -0.128. The molecule has 6 nitrogen and oxygen atoms in total. The third kappa shape index (κ3) is 4.45. The molecule has 2 aromatic heterocycles. The molecule has 2 heterocycles. The van der Waals surface area contributed by atoms with Crippen LogP contribution in [0.5, 0.6) is 0 Å². The van der Waals surface area contributed by atoms with Crippen molar-refractivity contribution in [2.24, 2.45) is 16.7 Å². The number of pyridine rings is 2. The van der Waals surface area contributed by atoms with Gasteiger partial charge in [0.1, 0.15) is 5.78 Å². The average Bonchev–Trinajstić information content (AvgIpc) is 3.19. The number of benzene rings is 2. The van der Waals surface area contributed by atoms with E-state index < -0.39 is 21.3 Å². The van der Waals surface area contributed by atoms with Gasteiger partial charge in [-0.05, 0) is 75.1 Å². The summed E-state index contributed by atoms with van der Waals surface area (Å²) in [6, 6.07) is 16.7. The van der Waals surface area contributed by atoms with Crippen molar-refractivity contribution in [3.63, 3.8) is 0 Å². The van der Waals surface area contributed by atoms with Crippen molar-refractivity contribution in [1.82, 2.24) is 9.97 Å². The minimum absolute atomic E-state index is 0.0152. The zero-order chi connectivity index (χ0) is 28.3. The molecule has 2 aromatic carbocycles. The first-order valence-electron chi connectivity index (χ1n) is 13.5. The van der Waals surface area contributed by atoms with Crippen LogP contribution in [-0.2, 0) is 14.9 Å². The summed E-state index contributed by atoms with van der Waals surface area (Å²) in [6.45, 7) is 12.5. The van der Waals surface area contributed by atoms with Gasteiger partial charge in [0.05, 0.1) is 22.2 Å². The fourth-order valence-electron chi connectivity index (χ4n) is 7.22. The molecule has 0 radical (unpaired) electrons. The lowest BCUT2D eigenvalue weighted by Gasteiger charge is -2.35. The fourth-order valence-corrected chi connectivity index (χ4v) is 8.52. The third-order valence-electron chi connectivity index (χ3n) is 9.48. The van der Waals surface area contributed by atoms with Gasteiger partial charge >= 0.3 is 0 Å². The Morgan fingerprint density at radius 1 is 0.846 bits per heavy atom. The highest BCUT2D eigenvalue weighted by Crippen LogP contribution is 2.64. The highest BCUT2D eigenvalue weighted by molar-refractivity contribution is 7.85. The molecule has 2 unspecified atom stereocenters.